The van der Waals surface area contributed by atoms with Crippen LogP contribution in [0.15, 0.2) is 12.1 Å². The lowest BCUT2D eigenvalue weighted by Gasteiger charge is -2.27. The molecule has 0 fully saturated rings. The molecule has 2 rings (SSSR count). The number of benzene rings is 1. The van der Waals surface area contributed by atoms with Gasteiger partial charge in [-0.3, -0.25) is 0 Å². The number of hydrogen-bond donors (Lipinski definition) is 1. The molecule has 1 aromatic rings. The summed E-state index contributed by atoms with van der Waals surface area (Å²) in [5, 5.41) is 3.59. The molecule has 1 unspecified atom stereocenters. The molecule has 0 radical (unpaired) electrons. The van der Waals surface area contributed by atoms with Gasteiger partial charge in [-0.15, -0.1) is 0 Å². The van der Waals surface area contributed by atoms with E-state index in [4.69, 9.17) is 0 Å². The van der Waals surface area contributed by atoms with Crippen LogP contribution in [0.3, 0.4) is 0 Å². The Morgan fingerprint density at radius 2 is 2.13 bits per heavy atom. The Morgan fingerprint density at radius 1 is 1.33 bits per heavy atom. The molecule has 0 saturated carbocycles. The fourth-order valence-corrected chi connectivity index (χ4v) is 2.71. The van der Waals surface area contributed by atoms with E-state index in [1.54, 1.807) is 0 Å². The SMILES string of the molecule is CCCC1CNc2c(C)cc(C)cc2C1. The first kappa shape index (κ1) is 10.5. The minimum atomic E-state index is 0.837. The zero-order chi connectivity index (χ0) is 10.8. The van der Waals surface area contributed by atoms with Crippen molar-refractivity contribution in [1.29, 1.82) is 0 Å². The van der Waals surface area contributed by atoms with Crippen molar-refractivity contribution in [1.82, 2.24) is 0 Å². The van der Waals surface area contributed by atoms with Gasteiger partial charge in [0, 0.05) is 12.2 Å². The van der Waals surface area contributed by atoms with Crippen LogP contribution in [0.4, 0.5) is 5.69 Å². The van der Waals surface area contributed by atoms with E-state index in [-0.39, 0.29) is 0 Å². The van der Waals surface area contributed by atoms with Crippen LogP contribution in [0.5, 0.6) is 0 Å². The molecule has 15 heavy (non-hydrogen) atoms. The third-order valence-corrected chi connectivity index (χ3v) is 3.33. The van der Waals surface area contributed by atoms with E-state index in [1.807, 2.05) is 0 Å². The van der Waals surface area contributed by atoms with Crippen LogP contribution in [-0.4, -0.2) is 6.54 Å². The van der Waals surface area contributed by atoms with Crippen molar-refractivity contribution in [2.24, 2.45) is 5.92 Å². The molecule has 0 aromatic heterocycles. The molecule has 1 heteroatoms. The molecule has 1 heterocycles. The molecular formula is C14H21N. The molecule has 82 valence electrons. The van der Waals surface area contributed by atoms with Gasteiger partial charge < -0.3 is 5.32 Å². The third-order valence-electron chi connectivity index (χ3n) is 3.33. The summed E-state index contributed by atoms with van der Waals surface area (Å²) in [5.41, 5.74) is 5.72. The molecule has 0 spiro atoms. The van der Waals surface area contributed by atoms with E-state index in [9.17, 15) is 0 Å². The van der Waals surface area contributed by atoms with Crippen LogP contribution in [0.2, 0.25) is 0 Å². The lowest BCUT2D eigenvalue weighted by Crippen LogP contribution is -2.23. The third kappa shape index (κ3) is 2.17. The second kappa shape index (κ2) is 4.26. The number of fused-ring (bicyclic) bond motifs is 1. The molecule has 1 aliphatic heterocycles. The van der Waals surface area contributed by atoms with Gasteiger partial charge in [0.1, 0.15) is 0 Å². The maximum Gasteiger partial charge on any atom is 0.0402 e. The molecular weight excluding hydrogens is 182 g/mol. The molecule has 0 saturated heterocycles. The van der Waals surface area contributed by atoms with Crippen molar-refractivity contribution in [2.45, 2.75) is 40.0 Å². The van der Waals surface area contributed by atoms with Crippen LogP contribution in [0.25, 0.3) is 0 Å². The molecule has 1 aliphatic rings. The number of hydrogen-bond acceptors (Lipinski definition) is 1. The Hall–Kier alpha value is -0.980. The maximum absolute atomic E-state index is 3.59. The summed E-state index contributed by atoms with van der Waals surface area (Å²) in [5.74, 6) is 0.837. The standard InChI is InChI=1S/C14H21N/c1-4-5-12-8-13-7-10(2)6-11(3)14(13)15-9-12/h6-7,12,15H,4-5,8-9H2,1-3H3. The molecule has 1 N–H and O–H groups in total. The van der Waals surface area contributed by atoms with Crippen LogP contribution < -0.4 is 5.32 Å². The van der Waals surface area contributed by atoms with Gasteiger partial charge in [0.15, 0.2) is 0 Å². The maximum atomic E-state index is 3.59. The highest BCUT2D eigenvalue weighted by Crippen LogP contribution is 2.30. The summed E-state index contributed by atoms with van der Waals surface area (Å²) < 4.78 is 0. The topological polar surface area (TPSA) is 12.0 Å². The predicted molar refractivity (Wildman–Crippen MR) is 66.5 cm³/mol. The van der Waals surface area contributed by atoms with Crippen molar-refractivity contribution in [3.05, 3.63) is 28.8 Å². The Kier molecular flexibility index (Phi) is 2.99. The number of rotatable bonds is 2. The van der Waals surface area contributed by atoms with Crippen LogP contribution in [0, 0.1) is 19.8 Å². The van der Waals surface area contributed by atoms with Gasteiger partial charge in [-0.05, 0) is 43.7 Å². The average molecular weight is 203 g/mol. The first-order valence-corrected chi connectivity index (χ1v) is 6.04. The van der Waals surface area contributed by atoms with Crippen molar-refractivity contribution in [3.8, 4) is 0 Å². The van der Waals surface area contributed by atoms with Gasteiger partial charge in [0.2, 0.25) is 0 Å². The molecule has 1 atom stereocenters. The van der Waals surface area contributed by atoms with Crippen molar-refractivity contribution in [3.63, 3.8) is 0 Å². The van der Waals surface area contributed by atoms with Crippen LogP contribution in [-0.2, 0) is 6.42 Å². The van der Waals surface area contributed by atoms with E-state index < -0.39 is 0 Å². The van der Waals surface area contributed by atoms with Gasteiger partial charge in [-0.25, -0.2) is 0 Å². The molecule has 1 nitrogen and oxygen atoms in total. The first-order valence-electron chi connectivity index (χ1n) is 6.04. The Bertz CT molecular complexity index is 355. The predicted octanol–water partition coefficient (Wildman–Crippen LogP) is 3.69. The van der Waals surface area contributed by atoms with Gasteiger partial charge in [-0.1, -0.05) is 31.0 Å². The summed E-state index contributed by atoms with van der Waals surface area (Å²) in [6, 6.07) is 4.61. The second-order valence-electron chi connectivity index (χ2n) is 4.86. The highest BCUT2D eigenvalue weighted by molar-refractivity contribution is 5.60. The zero-order valence-corrected chi connectivity index (χ0v) is 10.1. The van der Waals surface area contributed by atoms with Gasteiger partial charge in [-0.2, -0.15) is 0 Å². The minimum Gasteiger partial charge on any atom is -0.384 e. The Balaban J connectivity index is 2.25. The zero-order valence-electron chi connectivity index (χ0n) is 10.1. The monoisotopic (exact) mass is 203 g/mol. The second-order valence-corrected chi connectivity index (χ2v) is 4.86. The quantitative estimate of drug-likeness (QED) is 0.773. The van der Waals surface area contributed by atoms with E-state index >= 15 is 0 Å². The summed E-state index contributed by atoms with van der Waals surface area (Å²) in [7, 11) is 0. The largest absolute Gasteiger partial charge is 0.384 e. The average Bonchev–Trinajstić information content (AvgIpc) is 2.17. The fraction of sp³-hybridized carbons (Fsp3) is 0.571. The van der Waals surface area contributed by atoms with Crippen molar-refractivity contribution in [2.75, 3.05) is 11.9 Å². The van der Waals surface area contributed by atoms with E-state index in [2.05, 4.69) is 38.2 Å². The van der Waals surface area contributed by atoms with E-state index in [0.717, 1.165) is 12.5 Å². The Morgan fingerprint density at radius 3 is 2.87 bits per heavy atom. The summed E-state index contributed by atoms with van der Waals surface area (Å²) in [4.78, 5) is 0. The van der Waals surface area contributed by atoms with Gasteiger partial charge in [0.05, 0.1) is 0 Å². The first-order chi connectivity index (χ1) is 7.20. The lowest BCUT2D eigenvalue weighted by atomic mass is 9.88. The van der Waals surface area contributed by atoms with Crippen molar-refractivity contribution >= 4 is 5.69 Å². The van der Waals surface area contributed by atoms with E-state index in [0.29, 0.717) is 0 Å². The van der Waals surface area contributed by atoms with Gasteiger partial charge >= 0.3 is 0 Å². The molecule has 0 amide bonds. The molecule has 0 bridgehead atoms. The van der Waals surface area contributed by atoms with Crippen LogP contribution >= 0.6 is 0 Å². The minimum absolute atomic E-state index is 0.837. The number of nitrogens with one attached hydrogen (secondary N) is 1. The Labute approximate surface area is 92.9 Å². The highest BCUT2D eigenvalue weighted by atomic mass is 14.9. The van der Waals surface area contributed by atoms with Crippen molar-refractivity contribution < 1.29 is 0 Å². The summed E-state index contributed by atoms with van der Waals surface area (Å²) in [6.45, 7) is 7.83. The summed E-state index contributed by atoms with van der Waals surface area (Å²) >= 11 is 0. The lowest BCUT2D eigenvalue weighted by molar-refractivity contribution is 0.489. The molecule has 1 aromatic carbocycles. The number of anilines is 1. The normalized spacial score (nSPS) is 19.5. The molecule has 0 aliphatic carbocycles. The summed E-state index contributed by atoms with van der Waals surface area (Å²) in [6.07, 6.45) is 3.91. The fourth-order valence-electron chi connectivity index (χ4n) is 2.71. The van der Waals surface area contributed by atoms with Gasteiger partial charge in [0.25, 0.3) is 0 Å². The van der Waals surface area contributed by atoms with Crippen LogP contribution in [0.1, 0.15) is 36.5 Å². The smallest absolute Gasteiger partial charge is 0.0402 e. The van der Waals surface area contributed by atoms with E-state index in [1.165, 1.54) is 41.6 Å². The number of aryl methyl sites for hydroxylation is 2. The highest BCUT2D eigenvalue weighted by Gasteiger charge is 2.18.